The van der Waals surface area contributed by atoms with Gasteiger partial charge in [-0.2, -0.15) is 0 Å². The smallest absolute Gasteiger partial charge is 0.278 e. The summed E-state index contributed by atoms with van der Waals surface area (Å²) in [6.45, 7) is 2.38. The molecule has 34 heavy (non-hydrogen) atoms. The van der Waals surface area contributed by atoms with Crippen LogP contribution in [0.15, 0.2) is 89.9 Å². The molecule has 168 valence electrons. The molecule has 0 fully saturated rings. The molecule has 7 heteroatoms. The molecule has 7 nitrogen and oxygen atoms in total. The van der Waals surface area contributed by atoms with E-state index in [-0.39, 0.29) is 22.8 Å². The van der Waals surface area contributed by atoms with Crippen LogP contribution in [-0.4, -0.2) is 15.3 Å². The van der Waals surface area contributed by atoms with Crippen LogP contribution < -0.4 is 21.2 Å². The van der Waals surface area contributed by atoms with Gasteiger partial charge in [-0.15, -0.1) is 0 Å². The van der Waals surface area contributed by atoms with Gasteiger partial charge in [0.15, 0.2) is 0 Å². The number of anilines is 2. The van der Waals surface area contributed by atoms with Gasteiger partial charge in [0, 0.05) is 18.3 Å². The molecule has 0 aliphatic rings. The standard InChI is InChI=1S/C27H23N5O2/c1-18-9-5-6-12-22(18)29-26(33)20-17-21-25(30-23-13-7-8-15-31(23)27(21)34)32(24(20)28)16-14-19-10-3-2-4-11-19/h2-13,15,17,28H,14,16H2,1H3,(H,29,33)/p+1. The first-order chi connectivity index (χ1) is 16.5. The van der Waals surface area contributed by atoms with Crippen LogP contribution >= 0.6 is 0 Å². The van der Waals surface area contributed by atoms with Gasteiger partial charge < -0.3 is 11.1 Å². The van der Waals surface area contributed by atoms with Gasteiger partial charge in [0.2, 0.25) is 11.5 Å². The van der Waals surface area contributed by atoms with Crippen LogP contribution in [0, 0.1) is 6.92 Å². The normalized spacial score (nSPS) is 11.1. The number of hydrogen-bond donors (Lipinski definition) is 2. The van der Waals surface area contributed by atoms with Crippen LogP contribution in [0.2, 0.25) is 0 Å². The number of carbonyl (C=O) groups is 1. The molecule has 3 heterocycles. The lowest BCUT2D eigenvalue weighted by Gasteiger charge is -2.13. The molecule has 0 saturated carbocycles. The molecule has 0 spiro atoms. The molecular formula is C27H24N5O2+. The van der Waals surface area contributed by atoms with Gasteiger partial charge in [0.05, 0.1) is 6.54 Å². The van der Waals surface area contributed by atoms with Gasteiger partial charge >= 0.3 is 0 Å². The summed E-state index contributed by atoms with van der Waals surface area (Å²) in [7, 11) is 0. The summed E-state index contributed by atoms with van der Waals surface area (Å²) in [4.78, 5) is 31.4. The third-order valence-electron chi connectivity index (χ3n) is 5.96. The summed E-state index contributed by atoms with van der Waals surface area (Å²) >= 11 is 0. The number of carbonyl (C=O) groups excluding carboxylic acids is 1. The quantitative estimate of drug-likeness (QED) is 0.317. The van der Waals surface area contributed by atoms with Crippen molar-refractivity contribution in [1.82, 2.24) is 9.38 Å². The molecule has 0 unspecified atom stereocenters. The number of rotatable bonds is 5. The van der Waals surface area contributed by atoms with Crippen molar-refractivity contribution < 1.29 is 9.36 Å². The maximum atomic E-state index is 13.4. The maximum Gasteiger partial charge on any atom is 0.278 e. The number of nitrogens with two attached hydrogens (primary N) is 1. The molecule has 5 rings (SSSR count). The van der Waals surface area contributed by atoms with E-state index in [0.717, 1.165) is 11.1 Å². The fraction of sp³-hybridized carbons (Fsp3) is 0.111. The highest BCUT2D eigenvalue weighted by molar-refractivity contribution is 6.08. The molecule has 3 aromatic heterocycles. The Morgan fingerprint density at radius 2 is 1.76 bits per heavy atom. The van der Waals surface area contributed by atoms with Crippen molar-refractivity contribution in [1.29, 1.82) is 0 Å². The average molecular weight is 451 g/mol. The van der Waals surface area contributed by atoms with Crippen molar-refractivity contribution in [2.75, 3.05) is 11.1 Å². The number of aromatic nitrogens is 3. The van der Waals surface area contributed by atoms with Crippen LogP contribution in [0.1, 0.15) is 21.5 Å². The van der Waals surface area contributed by atoms with Crippen molar-refractivity contribution in [3.63, 3.8) is 0 Å². The van der Waals surface area contributed by atoms with E-state index in [2.05, 4.69) is 5.32 Å². The summed E-state index contributed by atoms with van der Waals surface area (Å²) in [5, 5.41) is 3.26. The number of fused-ring (bicyclic) bond motifs is 2. The third kappa shape index (κ3) is 3.88. The molecule has 0 radical (unpaired) electrons. The van der Waals surface area contributed by atoms with Gasteiger partial charge in [-0.3, -0.25) is 14.0 Å². The molecule has 1 amide bonds. The van der Waals surface area contributed by atoms with Crippen molar-refractivity contribution >= 4 is 34.1 Å². The van der Waals surface area contributed by atoms with Crippen LogP contribution in [-0.2, 0) is 13.0 Å². The summed E-state index contributed by atoms with van der Waals surface area (Å²) in [5.41, 5.74) is 10.3. The lowest BCUT2D eigenvalue weighted by molar-refractivity contribution is -0.658. The van der Waals surface area contributed by atoms with Gasteiger partial charge in [-0.25, -0.2) is 4.57 Å². The van der Waals surface area contributed by atoms with E-state index in [1.165, 1.54) is 4.40 Å². The minimum Gasteiger partial charge on any atom is -0.322 e. The maximum absolute atomic E-state index is 13.4. The van der Waals surface area contributed by atoms with Gasteiger partial charge in [-0.05, 0) is 42.3 Å². The zero-order chi connectivity index (χ0) is 23.7. The number of nitrogens with zero attached hydrogens (tertiary/aromatic N) is 3. The first-order valence-corrected chi connectivity index (χ1v) is 11.1. The predicted octanol–water partition coefficient (Wildman–Crippen LogP) is 3.52. The Labute approximate surface area is 196 Å². The molecule has 3 N–H and O–H groups in total. The Morgan fingerprint density at radius 1 is 1.03 bits per heavy atom. The molecular weight excluding hydrogens is 426 g/mol. The largest absolute Gasteiger partial charge is 0.322 e. The monoisotopic (exact) mass is 450 g/mol. The number of amides is 1. The number of para-hydroxylation sites is 1. The van der Waals surface area contributed by atoms with E-state index in [9.17, 15) is 9.59 Å². The van der Waals surface area contributed by atoms with Crippen molar-refractivity contribution in [3.05, 3.63) is 112 Å². The Bertz CT molecular complexity index is 1590. The van der Waals surface area contributed by atoms with Crippen LogP contribution in [0.3, 0.4) is 0 Å². The molecule has 0 aliphatic heterocycles. The van der Waals surface area contributed by atoms with Crippen molar-refractivity contribution in [2.45, 2.75) is 19.9 Å². The molecule has 0 saturated heterocycles. The topological polar surface area (TPSA) is 93.4 Å². The minimum atomic E-state index is -0.375. The molecule has 0 atom stereocenters. The summed E-state index contributed by atoms with van der Waals surface area (Å²) in [6.07, 6.45) is 2.34. The molecule has 0 aliphatic carbocycles. The van der Waals surface area contributed by atoms with Crippen LogP contribution in [0.5, 0.6) is 0 Å². The first-order valence-electron chi connectivity index (χ1n) is 11.1. The van der Waals surface area contributed by atoms with E-state index in [4.69, 9.17) is 10.7 Å². The lowest BCUT2D eigenvalue weighted by Crippen LogP contribution is -2.43. The number of pyridine rings is 2. The SMILES string of the molecule is Cc1ccccc1NC(=O)c1cc2c(=O)n3ccccc3nc2[n+](CCc2ccccc2)c1N. The lowest BCUT2D eigenvalue weighted by atomic mass is 10.1. The summed E-state index contributed by atoms with van der Waals surface area (Å²) < 4.78 is 3.24. The van der Waals surface area contributed by atoms with E-state index in [1.807, 2.05) is 67.6 Å². The Morgan fingerprint density at radius 3 is 2.56 bits per heavy atom. The number of nitrogen functional groups attached to an aromatic ring is 1. The highest BCUT2D eigenvalue weighted by Crippen LogP contribution is 2.19. The highest BCUT2D eigenvalue weighted by Gasteiger charge is 2.24. The number of hydrogen-bond acceptors (Lipinski definition) is 4. The summed E-state index contributed by atoms with van der Waals surface area (Å²) in [5.74, 6) is -0.110. The zero-order valence-corrected chi connectivity index (χ0v) is 18.7. The molecule has 2 aromatic carbocycles. The van der Waals surface area contributed by atoms with Gasteiger partial charge in [0.25, 0.3) is 17.1 Å². The zero-order valence-electron chi connectivity index (χ0n) is 18.7. The molecule has 0 bridgehead atoms. The second-order valence-corrected chi connectivity index (χ2v) is 8.18. The number of aryl methyl sites for hydroxylation is 3. The second-order valence-electron chi connectivity index (χ2n) is 8.18. The van der Waals surface area contributed by atoms with E-state index in [0.29, 0.717) is 35.3 Å². The van der Waals surface area contributed by atoms with E-state index >= 15 is 0 Å². The second kappa shape index (κ2) is 8.78. The summed E-state index contributed by atoms with van der Waals surface area (Å²) in [6, 6.07) is 24.4. The minimum absolute atomic E-state index is 0.235. The first kappa shape index (κ1) is 21.3. The Balaban J connectivity index is 1.68. The Hall–Kier alpha value is -4.52. The fourth-order valence-electron chi connectivity index (χ4n) is 4.10. The van der Waals surface area contributed by atoms with Crippen molar-refractivity contribution in [2.24, 2.45) is 0 Å². The Kier molecular flexibility index (Phi) is 5.51. The van der Waals surface area contributed by atoms with E-state index < -0.39 is 0 Å². The van der Waals surface area contributed by atoms with Crippen LogP contribution in [0.4, 0.5) is 11.5 Å². The molecule has 5 aromatic rings. The van der Waals surface area contributed by atoms with Crippen molar-refractivity contribution in [3.8, 4) is 0 Å². The fourth-order valence-corrected chi connectivity index (χ4v) is 4.10. The predicted molar refractivity (Wildman–Crippen MR) is 133 cm³/mol. The average Bonchev–Trinajstić information content (AvgIpc) is 2.85. The van der Waals surface area contributed by atoms with E-state index in [1.54, 1.807) is 29.0 Å². The van der Waals surface area contributed by atoms with Gasteiger partial charge in [-0.1, -0.05) is 59.6 Å². The highest BCUT2D eigenvalue weighted by atomic mass is 16.1. The number of nitrogens with one attached hydrogen (secondary N) is 1. The van der Waals surface area contributed by atoms with Crippen LogP contribution in [0.25, 0.3) is 16.7 Å². The third-order valence-corrected chi connectivity index (χ3v) is 5.96. The number of benzene rings is 2. The van der Waals surface area contributed by atoms with Gasteiger partial charge in [0.1, 0.15) is 10.9 Å².